The van der Waals surface area contributed by atoms with Gasteiger partial charge in [-0.25, -0.2) is 4.39 Å². The van der Waals surface area contributed by atoms with Crippen LogP contribution in [-0.4, -0.2) is 6.10 Å². The summed E-state index contributed by atoms with van der Waals surface area (Å²) in [7, 11) is 0. The zero-order valence-electron chi connectivity index (χ0n) is 15.7. The predicted molar refractivity (Wildman–Crippen MR) is 105 cm³/mol. The molecule has 1 aliphatic carbocycles. The summed E-state index contributed by atoms with van der Waals surface area (Å²) in [6.07, 6.45) is 6.80. The van der Waals surface area contributed by atoms with E-state index in [2.05, 4.69) is 37.8 Å². The van der Waals surface area contributed by atoms with Crippen molar-refractivity contribution in [2.45, 2.75) is 58.5 Å². The van der Waals surface area contributed by atoms with Crippen molar-refractivity contribution < 1.29 is 9.13 Å². The van der Waals surface area contributed by atoms with Crippen LogP contribution in [0, 0.1) is 23.6 Å². The Morgan fingerprint density at radius 3 is 2.19 bits per heavy atom. The number of ether oxygens (including phenoxy) is 1. The zero-order valence-corrected chi connectivity index (χ0v) is 15.7. The van der Waals surface area contributed by atoms with Crippen molar-refractivity contribution in [2.75, 3.05) is 0 Å². The number of benzene rings is 2. The molecule has 0 atom stereocenters. The summed E-state index contributed by atoms with van der Waals surface area (Å²) in [5.74, 6) is 6.97. The second kappa shape index (κ2) is 8.90. The molecule has 136 valence electrons. The van der Waals surface area contributed by atoms with E-state index >= 15 is 0 Å². The average molecular weight is 350 g/mol. The van der Waals surface area contributed by atoms with Crippen molar-refractivity contribution in [3.63, 3.8) is 0 Å². The molecule has 0 unspecified atom stereocenters. The van der Waals surface area contributed by atoms with E-state index in [9.17, 15) is 4.39 Å². The molecule has 2 aromatic carbocycles. The number of hydrogen-bond acceptors (Lipinski definition) is 1. The summed E-state index contributed by atoms with van der Waals surface area (Å²) >= 11 is 0. The zero-order chi connectivity index (χ0) is 18.4. The minimum Gasteiger partial charge on any atom is -0.487 e. The maximum absolute atomic E-state index is 14.4. The lowest BCUT2D eigenvalue weighted by molar-refractivity contribution is 0.125. The molecule has 0 spiro atoms. The van der Waals surface area contributed by atoms with E-state index in [1.807, 2.05) is 18.2 Å². The van der Waals surface area contributed by atoms with Gasteiger partial charge in [-0.05, 0) is 73.9 Å². The van der Waals surface area contributed by atoms with Gasteiger partial charge in [-0.2, -0.15) is 0 Å². The summed E-state index contributed by atoms with van der Waals surface area (Å²) in [5, 5.41) is 0. The van der Waals surface area contributed by atoms with Gasteiger partial charge >= 0.3 is 0 Å². The van der Waals surface area contributed by atoms with E-state index in [1.54, 1.807) is 6.07 Å². The van der Waals surface area contributed by atoms with Crippen LogP contribution in [0.1, 0.15) is 62.6 Å². The number of aryl methyl sites for hydroxylation is 1. The van der Waals surface area contributed by atoms with E-state index < -0.39 is 0 Å². The van der Waals surface area contributed by atoms with Crippen molar-refractivity contribution in [1.82, 2.24) is 0 Å². The van der Waals surface area contributed by atoms with E-state index in [0.717, 1.165) is 30.7 Å². The topological polar surface area (TPSA) is 9.23 Å². The van der Waals surface area contributed by atoms with Crippen LogP contribution in [0.15, 0.2) is 42.5 Å². The second-order valence-electron chi connectivity index (χ2n) is 7.11. The first-order chi connectivity index (χ1) is 12.7. The first kappa shape index (κ1) is 18.5. The number of halogens is 1. The molecule has 0 heterocycles. The van der Waals surface area contributed by atoms with Gasteiger partial charge in [0.2, 0.25) is 0 Å². The van der Waals surface area contributed by atoms with Gasteiger partial charge in [0, 0.05) is 11.1 Å². The Kier molecular flexibility index (Phi) is 6.34. The third-order valence-electron chi connectivity index (χ3n) is 5.31. The molecule has 0 bridgehead atoms. The lowest BCUT2D eigenvalue weighted by atomic mass is 9.86. The maximum Gasteiger partial charge on any atom is 0.166 e. The third-order valence-corrected chi connectivity index (χ3v) is 5.31. The first-order valence-electron chi connectivity index (χ1n) is 9.75. The van der Waals surface area contributed by atoms with Crippen molar-refractivity contribution in [2.24, 2.45) is 5.92 Å². The van der Waals surface area contributed by atoms with Gasteiger partial charge in [0.25, 0.3) is 0 Å². The summed E-state index contributed by atoms with van der Waals surface area (Å²) in [6, 6.07) is 13.2. The predicted octanol–water partition coefficient (Wildman–Crippen LogP) is 6.14. The van der Waals surface area contributed by atoms with Crippen LogP contribution >= 0.6 is 0 Å². The molecule has 2 aromatic rings. The Morgan fingerprint density at radius 1 is 0.923 bits per heavy atom. The minimum atomic E-state index is -0.323. The quantitative estimate of drug-likeness (QED) is 0.602. The van der Waals surface area contributed by atoms with E-state index in [1.165, 1.54) is 30.9 Å². The summed E-state index contributed by atoms with van der Waals surface area (Å²) in [6.45, 7) is 4.37. The summed E-state index contributed by atoms with van der Waals surface area (Å²) in [4.78, 5) is 0. The maximum atomic E-state index is 14.4. The molecule has 0 aromatic heterocycles. The molecule has 0 saturated heterocycles. The highest BCUT2D eigenvalue weighted by atomic mass is 19.1. The van der Waals surface area contributed by atoms with E-state index in [-0.39, 0.29) is 11.9 Å². The number of rotatable bonds is 4. The average Bonchev–Trinajstić information content (AvgIpc) is 2.69. The van der Waals surface area contributed by atoms with Crippen molar-refractivity contribution in [3.05, 3.63) is 65.0 Å². The van der Waals surface area contributed by atoms with Crippen molar-refractivity contribution in [3.8, 4) is 17.6 Å². The largest absolute Gasteiger partial charge is 0.487 e. The molecule has 0 aliphatic heterocycles. The fourth-order valence-electron chi connectivity index (χ4n) is 3.48. The van der Waals surface area contributed by atoms with Crippen LogP contribution in [0.3, 0.4) is 0 Å². The van der Waals surface area contributed by atoms with E-state index in [4.69, 9.17) is 4.74 Å². The fraction of sp³-hybridized carbons (Fsp3) is 0.417. The third kappa shape index (κ3) is 4.88. The standard InChI is InChI=1S/C24H27FO/c1-3-18-5-7-20(8-6-18)9-10-21-13-16-24(23(25)17-21)26-22-14-11-19(4-2)12-15-22/h5-8,13,16-17,19,22H,3-4,11-12,14-15H2,1-2H3. The summed E-state index contributed by atoms with van der Waals surface area (Å²) in [5.41, 5.74) is 2.90. The minimum absolute atomic E-state index is 0.140. The van der Waals surface area contributed by atoms with Gasteiger partial charge < -0.3 is 4.74 Å². The molecule has 1 aliphatic rings. The highest BCUT2D eigenvalue weighted by Crippen LogP contribution is 2.30. The van der Waals surface area contributed by atoms with Crippen LogP contribution in [0.2, 0.25) is 0 Å². The Morgan fingerprint density at radius 2 is 1.58 bits per heavy atom. The Bertz CT molecular complexity index is 774. The van der Waals surface area contributed by atoms with Gasteiger partial charge in [-0.1, -0.05) is 44.2 Å². The Labute approximate surface area is 156 Å². The fourth-order valence-corrected chi connectivity index (χ4v) is 3.48. The molecular formula is C24H27FO. The molecule has 0 N–H and O–H groups in total. The molecule has 26 heavy (non-hydrogen) atoms. The van der Waals surface area contributed by atoms with Gasteiger partial charge in [-0.15, -0.1) is 0 Å². The second-order valence-corrected chi connectivity index (χ2v) is 7.11. The van der Waals surface area contributed by atoms with Gasteiger partial charge in [0.15, 0.2) is 11.6 Å². The molecule has 1 nitrogen and oxygen atoms in total. The Hall–Kier alpha value is -2.27. The first-order valence-corrected chi connectivity index (χ1v) is 9.75. The molecule has 1 fully saturated rings. The van der Waals surface area contributed by atoms with Crippen LogP contribution in [-0.2, 0) is 6.42 Å². The van der Waals surface area contributed by atoms with Crippen LogP contribution in [0.4, 0.5) is 4.39 Å². The number of hydrogen-bond donors (Lipinski definition) is 0. The smallest absolute Gasteiger partial charge is 0.166 e. The van der Waals surface area contributed by atoms with Gasteiger partial charge in [0.05, 0.1) is 6.10 Å². The van der Waals surface area contributed by atoms with Crippen LogP contribution in [0.5, 0.6) is 5.75 Å². The van der Waals surface area contributed by atoms with Crippen LogP contribution < -0.4 is 4.74 Å². The molecule has 0 amide bonds. The molecule has 0 radical (unpaired) electrons. The Balaban J connectivity index is 1.63. The van der Waals surface area contributed by atoms with Crippen LogP contribution in [0.25, 0.3) is 0 Å². The molecule has 3 rings (SSSR count). The lowest BCUT2D eigenvalue weighted by Crippen LogP contribution is -2.24. The summed E-state index contributed by atoms with van der Waals surface area (Å²) < 4.78 is 20.3. The van der Waals surface area contributed by atoms with Crippen molar-refractivity contribution >= 4 is 0 Å². The highest BCUT2D eigenvalue weighted by molar-refractivity contribution is 5.45. The highest BCUT2D eigenvalue weighted by Gasteiger charge is 2.22. The van der Waals surface area contributed by atoms with Gasteiger partial charge in [-0.3, -0.25) is 0 Å². The lowest BCUT2D eigenvalue weighted by Gasteiger charge is -2.28. The monoisotopic (exact) mass is 350 g/mol. The molecule has 1 saturated carbocycles. The van der Waals surface area contributed by atoms with Crippen molar-refractivity contribution in [1.29, 1.82) is 0 Å². The van der Waals surface area contributed by atoms with E-state index in [0.29, 0.717) is 11.3 Å². The van der Waals surface area contributed by atoms with Gasteiger partial charge in [0.1, 0.15) is 0 Å². The normalized spacial score (nSPS) is 19.5. The molecular weight excluding hydrogens is 323 g/mol. The SMILES string of the molecule is CCc1ccc(C#Cc2ccc(OC3CCC(CC)CC3)c(F)c2)cc1. The molecule has 2 heteroatoms.